The molecule has 0 saturated carbocycles. The number of carbonyl (C=O) groups excluding carboxylic acids is 3. The van der Waals surface area contributed by atoms with Gasteiger partial charge in [-0.2, -0.15) is 0 Å². The zero-order valence-electron chi connectivity index (χ0n) is 29.5. The van der Waals surface area contributed by atoms with E-state index in [1.165, 1.54) is 42.5 Å². The number of aliphatic carboxylic acids is 4. The number of aromatic carboxylic acids is 1. The van der Waals surface area contributed by atoms with Crippen LogP contribution < -0.4 is 77.6 Å². The van der Waals surface area contributed by atoms with E-state index in [9.17, 15) is 68.2 Å². The van der Waals surface area contributed by atoms with Crippen LogP contribution in [0.1, 0.15) is 46.4 Å². The number of fused-ring (bicyclic) bond motifs is 2. The minimum Gasteiger partial charge on any atom is -0.545 e. The molecule has 4 rings (SSSR count). The first-order chi connectivity index (χ1) is 26.3. The van der Waals surface area contributed by atoms with Crippen molar-refractivity contribution in [2.75, 3.05) is 6.61 Å². The van der Waals surface area contributed by atoms with E-state index in [4.69, 9.17) is 14.6 Å². The molecule has 0 aromatic heterocycles. The van der Waals surface area contributed by atoms with E-state index in [-0.39, 0.29) is 85.2 Å². The molecule has 1 unspecified atom stereocenters. The van der Waals surface area contributed by atoms with Gasteiger partial charge in [0.2, 0.25) is 5.91 Å². The zero-order valence-corrected chi connectivity index (χ0v) is 33.5. The van der Waals surface area contributed by atoms with Gasteiger partial charge in [0.25, 0.3) is 5.91 Å². The minimum absolute atomic E-state index is 0. The fourth-order valence-electron chi connectivity index (χ4n) is 5.36. The summed E-state index contributed by atoms with van der Waals surface area (Å²) in [5, 5.41) is 65.5. The van der Waals surface area contributed by atoms with Gasteiger partial charge in [0.1, 0.15) is 29.2 Å². The van der Waals surface area contributed by atoms with Crippen LogP contribution in [0.5, 0.6) is 5.75 Å². The summed E-state index contributed by atoms with van der Waals surface area (Å²) < 4.78 is 22.7. The third kappa shape index (κ3) is 12.5. The maximum absolute atomic E-state index is 13.2. The number of benzene rings is 3. The van der Waals surface area contributed by atoms with Gasteiger partial charge in [-0.1, -0.05) is 6.07 Å². The summed E-state index contributed by atoms with van der Waals surface area (Å²) in [6.45, 7) is -1.20. The van der Waals surface area contributed by atoms with E-state index in [0.717, 1.165) is 12.1 Å². The topological polar surface area (TPSA) is 357 Å². The van der Waals surface area contributed by atoms with Gasteiger partial charge in [-0.25, -0.2) is 19.2 Å². The van der Waals surface area contributed by atoms with Crippen molar-refractivity contribution in [1.29, 1.82) is 0 Å². The molecule has 0 fully saturated rings. The zero-order chi connectivity index (χ0) is 41.5. The summed E-state index contributed by atoms with van der Waals surface area (Å²) in [4.78, 5) is 106. The Labute approximate surface area is 362 Å². The minimum atomic E-state index is -5.07. The summed E-state index contributed by atoms with van der Waals surface area (Å²) in [7, 11) is -5.07. The van der Waals surface area contributed by atoms with Crippen LogP contribution in [0.25, 0.3) is 33.4 Å². The number of rotatable bonds is 19. The van der Waals surface area contributed by atoms with Gasteiger partial charge < -0.3 is 55.4 Å². The summed E-state index contributed by atoms with van der Waals surface area (Å²) in [5.74, 6) is -10.6. The quantitative estimate of drug-likeness (QED) is 0.0261. The molecular weight excluding hydrogens is 808 g/mol. The van der Waals surface area contributed by atoms with E-state index in [1.54, 1.807) is 5.09 Å². The molecule has 1 aliphatic heterocycles. The standard InChI is InChI=1S/C34H32N3O18P.K/c38-16-2-5-19-25(12-16)55-26-13-17(39)3-6-20(26)29(19)18-4-1-15(11-21(18)31(44)45)30(43)36-22(32(46)47)7-9-27(40)35-24(34(50)51)14-54-56(52,53)37-23(33(48)49)8-10-28(41)42;/h1-6,11-13,22-24,38H,7-10,14H2,(H,35,40)(H,36,43)(H,41,42)(H,44,45)(H,46,47)(H,48,49)(H,50,51)(H2,37,52,53);/q;+1/p-1/t22-,23-,24-;/m0./s1. The summed E-state index contributed by atoms with van der Waals surface area (Å²) in [6, 6.07) is 5.40. The summed E-state index contributed by atoms with van der Waals surface area (Å²) in [5.41, 5.74) is -0.671. The number of hydrogen-bond donors (Lipinski definition) is 9. The van der Waals surface area contributed by atoms with E-state index in [0.29, 0.717) is 10.9 Å². The van der Waals surface area contributed by atoms with Crippen molar-refractivity contribution in [1.82, 2.24) is 15.7 Å². The predicted molar refractivity (Wildman–Crippen MR) is 185 cm³/mol. The second-order valence-electron chi connectivity index (χ2n) is 12.0. The Morgan fingerprint density at radius 3 is 2.04 bits per heavy atom. The molecule has 1 heterocycles. The number of phenolic OH excluding ortho intramolecular Hbond substituents is 1. The van der Waals surface area contributed by atoms with Crippen molar-refractivity contribution in [3.8, 4) is 28.2 Å². The second kappa shape index (κ2) is 19.9. The molecule has 4 atom stereocenters. The third-order valence-electron chi connectivity index (χ3n) is 8.02. The predicted octanol–water partition coefficient (Wildman–Crippen LogP) is -2.80. The van der Waals surface area contributed by atoms with Crippen molar-refractivity contribution in [3.63, 3.8) is 0 Å². The van der Waals surface area contributed by atoms with Crippen molar-refractivity contribution in [3.05, 3.63) is 75.9 Å². The van der Waals surface area contributed by atoms with Gasteiger partial charge in [0.15, 0.2) is 11.5 Å². The van der Waals surface area contributed by atoms with E-state index in [2.05, 4.69) is 9.84 Å². The van der Waals surface area contributed by atoms with Gasteiger partial charge in [0, 0.05) is 52.6 Å². The van der Waals surface area contributed by atoms with Gasteiger partial charge in [-0.3, -0.25) is 28.5 Å². The number of hydrogen-bond acceptors (Lipinski definition) is 13. The fraction of sp³-hybridized carbons (Fsp3) is 0.235. The molecule has 0 bridgehead atoms. The molecule has 2 aromatic carbocycles. The number of carboxylic acids is 5. The molecule has 2 aliphatic rings. The van der Waals surface area contributed by atoms with Crippen molar-refractivity contribution in [2.24, 2.45) is 0 Å². The molecule has 296 valence electrons. The molecule has 0 spiro atoms. The first kappa shape index (κ1) is 46.3. The Bertz CT molecular complexity index is 2310. The average molecular weight is 840 g/mol. The molecule has 0 saturated heterocycles. The number of aromatic hydroxyl groups is 1. The Balaban J connectivity index is 0.00000870. The van der Waals surface area contributed by atoms with Crippen LogP contribution in [-0.2, 0) is 33.1 Å². The van der Waals surface area contributed by atoms with Gasteiger partial charge in [0.05, 0.1) is 12.6 Å². The van der Waals surface area contributed by atoms with Crippen molar-refractivity contribution < 1.29 is 134 Å². The van der Waals surface area contributed by atoms with Crippen LogP contribution >= 0.6 is 7.75 Å². The van der Waals surface area contributed by atoms with Crippen LogP contribution in [0.15, 0.2) is 63.8 Å². The molecule has 1 aliphatic carbocycles. The number of amides is 2. The number of nitrogens with one attached hydrogen (secondary N) is 3. The SMILES string of the molecule is O=C(O)CC[C@H](NP(=O)(O)OC[C@H](NC(=O)CC[C@H](NC(=O)c1ccc(-c2c3ccc(=O)cc-3oc3cc(O)ccc23)c(C(=O)[O-])c1)C(=O)O)C(=O)O)C(=O)O.[K+]. The Hall–Kier alpha value is -5.03. The van der Waals surface area contributed by atoms with Gasteiger partial charge in [-0.15, -0.1) is 0 Å². The maximum atomic E-state index is 13.2. The molecule has 23 heteroatoms. The van der Waals surface area contributed by atoms with Gasteiger partial charge in [-0.05, 0) is 54.8 Å². The van der Waals surface area contributed by atoms with E-state index >= 15 is 0 Å². The molecule has 2 aromatic rings. The number of carboxylic acid groups (broad SMARTS) is 5. The van der Waals surface area contributed by atoms with Crippen molar-refractivity contribution in [2.45, 2.75) is 43.8 Å². The fourth-order valence-corrected chi connectivity index (χ4v) is 6.42. The van der Waals surface area contributed by atoms with Crippen LogP contribution in [0.2, 0.25) is 0 Å². The van der Waals surface area contributed by atoms with Crippen LogP contribution in [-0.4, -0.2) is 96.8 Å². The molecule has 2 amide bonds. The third-order valence-corrected chi connectivity index (χ3v) is 9.16. The number of carbonyl (C=O) groups is 7. The molecule has 21 nitrogen and oxygen atoms in total. The van der Waals surface area contributed by atoms with Crippen LogP contribution in [0.3, 0.4) is 0 Å². The molecule has 0 radical (unpaired) electrons. The normalized spacial score (nSPS) is 13.6. The smallest absolute Gasteiger partial charge is 0.545 e. The molecule has 9 N–H and O–H groups in total. The number of phenols is 1. The summed E-state index contributed by atoms with van der Waals surface area (Å²) >= 11 is 0. The van der Waals surface area contributed by atoms with E-state index in [1.807, 2.05) is 5.32 Å². The molecular formula is C34H31KN3O18P. The first-order valence-electron chi connectivity index (χ1n) is 16.1. The average Bonchev–Trinajstić information content (AvgIpc) is 3.11. The van der Waals surface area contributed by atoms with Gasteiger partial charge >= 0.3 is 83.0 Å². The maximum Gasteiger partial charge on any atom is 1.00 e. The Kier molecular flexibility index (Phi) is 16.2. The summed E-state index contributed by atoms with van der Waals surface area (Å²) in [6.07, 6.45) is -2.73. The van der Waals surface area contributed by atoms with Crippen LogP contribution in [0, 0.1) is 0 Å². The largest absolute Gasteiger partial charge is 1.00 e. The van der Waals surface area contributed by atoms with E-state index < -0.39 is 111 Å². The Morgan fingerprint density at radius 2 is 1.42 bits per heavy atom. The monoisotopic (exact) mass is 839 g/mol. The second-order valence-corrected chi connectivity index (χ2v) is 13.6. The Morgan fingerprint density at radius 1 is 0.789 bits per heavy atom. The van der Waals surface area contributed by atoms with Crippen molar-refractivity contribution >= 4 is 60.4 Å². The first-order valence-corrected chi connectivity index (χ1v) is 17.6. The molecule has 57 heavy (non-hydrogen) atoms. The van der Waals surface area contributed by atoms with Crippen LogP contribution in [0.4, 0.5) is 0 Å².